The summed E-state index contributed by atoms with van der Waals surface area (Å²) in [6, 6.07) is 20.0. The molecule has 0 saturated carbocycles. The van der Waals surface area contributed by atoms with Crippen molar-refractivity contribution in [2.75, 3.05) is 23.3 Å². The first-order valence-electron chi connectivity index (χ1n) is 11.3. The lowest BCUT2D eigenvalue weighted by atomic mass is 9.86. The fraction of sp³-hybridized carbons (Fsp3) is 0.259. The van der Waals surface area contributed by atoms with Crippen LogP contribution in [0.4, 0.5) is 11.4 Å². The Labute approximate surface area is 187 Å². The van der Waals surface area contributed by atoms with Gasteiger partial charge in [0.15, 0.2) is 11.5 Å². The van der Waals surface area contributed by atoms with E-state index in [0.29, 0.717) is 29.3 Å². The van der Waals surface area contributed by atoms with Crippen molar-refractivity contribution in [2.24, 2.45) is 5.92 Å². The third kappa shape index (κ3) is 3.00. The van der Waals surface area contributed by atoms with Crippen LogP contribution in [0.2, 0.25) is 0 Å². The molecule has 0 bridgehead atoms. The number of ketones is 1. The smallest absolute Gasteiger partial charge is 0.196 e. The van der Waals surface area contributed by atoms with Crippen LogP contribution in [0, 0.1) is 5.92 Å². The van der Waals surface area contributed by atoms with E-state index in [1.54, 1.807) is 0 Å². The molecule has 2 heterocycles. The molecular weight excluding hydrogens is 398 g/mol. The molecule has 0 amide bonds. The molecule has 5 nitrogen and oxygen atoms in total. The molecule has 1 atom stereocenters. The molecule has 1 aliphatic carbocycles. The number of piperidine rings is 1. The quantitative estimate of drug-likeness (QED) is 0.391. The van der Waals surface area contributed by atoms with Gasteiger partial charge in [0, 0.05) is 36.4 Å². The number of nitrogens with zero attached hydrogens (tertiary/aromatic N) is 2. The Bertz CT molecular complexity index is 1330. The fourth-order valence-electron chi connectivity index (χ4n) is 5.12. The standard InChI is InChI=1S/C27H25N3O2/c1-17-8-7-13-30(16-17)22-14-21(28-15-18-9-3-2-4-10-18)23-24-25(22)29-32-27(24)20-12-6-5-11-19(20)26(23)31/h2-6,9-12,14,17,28H,7-8,13,15-16H2,1H3. The predicted octanol–water partition coefficient (Wildman–Crippen LogP) is 5.89. The lowest BCUT2D eigenvalue weighted by Crippen LogP contribution is -2.34. The van der Waals surface area contributed by atoms with Gasteiger partial charge in [-0.3, -0.25) is 4.79 Å². The van der Waals surface area contributed by atoms with Gasteiger partial charge in [0.25, 0.3) is 0 Å². The van der Waals surface area contributed by atoms with Crippen molar-refractivity contribution < 1.29 is 9.32 Å². The maximum atomic E-state index is 13.6. The van der Waals surface area contributed by atoms with Gasteiger partial charge in [-0.1, -0.05) is 66.7 Å². The molecule has 1 N–H and O–H groups in total. The Morgan fingerprint density at radius 2 is 1.88 bits per heavy atom. The molecule has 5 heteroatoms. The predicted molar refractivity (Wildman–Crippen MR) is 127 cm³/mol. The summed E-state index contributed by atoms with van der Waals surface area (Å²) in [6.45, 7) is 4.91. The molecule has 1 aromatic heterocycles. The first kappa shape index (κ1) is 19.1. The number of hydrogen-bond donors (Lipinski definition) is 1. The van der Waals surface area contributed by atoms with Gasteiger partial charge in [-0.15, -0.1) is 0 Å². The van der Waals surface area contributed by atoms with Crippen molar-refractivity contribution in [3.05, 3.63) is 77.4 Å². The molecule has 2 aliphatic rings. The summed E-state index contributed by atoms with van der Waals surface area (Å²) in [6.07, 6.45) is 2.40. The van der Waals surface area contributed by atoms with Crippen LogP contribution in [0.15, 0.2) is 65.2 Å². The minimum Gasteiger partial charge on any atom is -0.380 e. The SMILES string of the molecule is CC1CCCN(c2cc(NCc3ccccc3)c3c4c(onc24)-c2ccccc2C3=O)C1. The molecule has 1 fully saturated rings. The van der Waals surface area contributed by atoms with E-state index in [-0.39, 0.29) is 5.78 Å². The van der Waals surface area contributed by atoms with Crippen LogP contribution < -0.4 is 10.2 Å². The Hall–Kier alpha value is -3.60. The average Bonchev–Trinajstić information content (AvgIpc) is 3.27. The summed E-state index contributed by atoms with van der Waals surface area (Å²) in [7, 11) is 0. The lowest BCUT2D eigenvalue weighted by Gasteiger charge is -2.33. The zero-order valence-electron chi connectivity index (χ0n) is 18.1. The summed E-state index contributed by atoms with van der Waals surface area (Å²) in [5.41, 5.74) is 6.01. The van der Waals surface area contributed by atoms with Crippen molar-refractivity contribution in [3.63, 3.8) is 0 Å². The minimum atomic E-state index is 0.0235. The summed E-state index contributed by atoms with van der Waals surface area (Å²) in [5, 5.41) is 8.88. The van der Waals surface area contributed by atoms with E-state index in [2.05, 4.69) is 40.5 Å². The number of nitrogens with one attached hydrogen (secondary N) is 1. The average molecular weight is 424 g/mol. The molecule has 3 aromatic carbocycles. The zero-order chi connectivity index (χ0) is 21.7. The normalized spacial score (nSPS) is 17.5. The topological polar surface area (TPSA) is 58.4 Å². The third-order valence-electron chi connectivity index (χ3n) is 6.70. The lowest BCUT2D eigenvalue weighted by molar-refractivity contribution is 0.104. The molecular formula is C27H25N3O2. The molecule has 1 saturated heterocycles. The molecule has 4 aromatic rings. The van der Waals surface area contributed by atoms with Crippen LogP contribution in [0.1, 0.15) is 41.3 Å². The summed E-state index contributed by atoms with van der Waals surface area (Å²) in [4.78, 5) is 16.0. The highest BCUT2D eigenvalue weighted by atomic mass is 16.5. The molecule has 32 heavy (non-hydrogen) atoms. The highest BCUT2D eigenvalue weighted by molar-refractivity contribution is 6.28. The number of anilines is 2. The first-order chi connectivity index (χ1) is 15.7. The van der Waals surface area contributed by atoms with Crippen LogP contribution in [0.3, 0.4) is 0 Å². The monoisotopic (exact) mass is 423 g/mol. The number of carbonyl (C=O) groups excluding carboxylic acids is 1. The molecule has 1 unspecified atom stereocenters. The zero-order valence-corrected chi connectivity index (χ0v) is 18.1. The summed E-state index contributed by atoms with van der Waals surface area (Å²) in [5.74, 6) is 1.34. The summed E-state index contributed by atoms with van der Waals surface area (Å²) >= 11 is 0. The van der Waals surface area contributed by atoms with Crippen molar-refractivity contribution in [1.29, 1.82) is 0 Å². The molecule has 1 aliphatic heterocycles. The van der Waals surface area contributed by atoms with Gasteiger partial charge in [-0.05, 0) is 30.4 Å². The van der Waals surface area contributed by atoms with Gasteiger partial charge >= 0.3 is 0 Å². The van der Waals surface area contributed by atoms with Gasteiger partial charge in [0.05, 0.1) is 16.6 Å². The molecule has 0 radical (unpaired) electrons. The Kier molecular flexibility index (Phi) is 4.49. The molecule has 6 rings (SSSR count). The molecule has 0 spiro atoms. The van der Waals surface area contributed by atoms with Crippen LogP contribution in [-0.4, -0.2) is 24.0 Å². The van der Waals surface area contributed by atoms with Crippen molar-refractivity contribution in [3.8, 4) is 11.3 Å². The number of hydrogen-bond acceptors (Lipinski definition) is 5. The fourth-order valence-corrected chi connectivity index (χ4v) is 5.12. The number of fused-ring (bicyclic) bond motifs is 2. The highest BCUT2D eigenvalue weighted by Crippen LogP contribution is 2.46. The minimum absolute atomic E-state index is 0.0235. The first-order valence-corrected chi connectivity index (χ1v) is 11.3. The van der Waals surface area contributed by atoms with Gasteiger partial charge in [-0.25, -0.2) is 0 Å². The maximum absolute atomic E-state index is 13.6. The Morgan fingerprint density at radius 1 is 1.09 bits per heavy atom. The Balaban J connectivity index is 1.54. The number of rotatable bonds is 4. The number of aromatic nitrogens is 1. The second-order valence-corrected chi connectivity index (χ2v) is 8.96. The maximum Gasteiger partial charge on any atom is 0.196 e. The number of benzene rings is 3. The van der Waals surface area contributed by atoms with Crippen molar-refractivity contribution in [2.45, 2.75) is 26.3 Å². The summed E-state index contributed by atoms with van der Waals surface area (Å²) < 4.78 is 5.89. The van der Waals surface area contributed by atoms with Gasteiger partial charge in [0.1, 0.15) is 5.52 Å². The van der Waals surface area contributed by atoms with E-state index in [1.807, 2.05) is 42.5 Å². The van der Waals surface area contributed by atoms with Crippen LogP contribution in [-0.2, 0) is 6.54 Å². The van der Waals surface area contributed by atoms with Gasteiger partial charge < -0.3 is 14.7 Å². The molecule has 160 valence electrons. The largest absolute Gasteiger partial charge is 0.380 e. The van der Waals surface area contributed by atoms with E-state index in [9.17, 15) is 4.79 Å². The van der Waals surface area contributed by atoms with Gasteiger partial charge in [-0.2, -0.15) is 0 Å². The Morgan fingerprint density at radius 3 is 2.69 bits per heavy atom. The van der Waals surface area contributed by atoms with Crippen LogP contribution in [0.25, 0.3) is 22.2 Å². The van der Waals surface area contributed by atoms with Crippen molar-refractivity contribution >= 4 is 28.1 Å². The van der Waals surface area contributed by atoms with E-state index < -0.39 is 0 Å². The number of carbonyl (C=O) groups is 1. The van der Waals surface area contributed by atoms with Crippen LogP contribution >= 0.6 is 0 Å². The van der Waals surface area contributed by atoms with E-state index in [1.165, 1.54) is 12.0 Å². The third-order valence-corrected chi connectivity index (χ3v) is 6.70. The van der Waals surface area contributed by atoms with E-state index in [0.717, 1.165) is 47.4 Å². The van der Waals surface area contributed by atoms with Crippen LogP contribution in [0.5, 0.6) is 0 Å². The van der Waals surface area contributed by atoms with Gasteiger partial charge in [0.2, 0.25) is 0 Å². The van der Waals surface area contributed by atoms with Crippen molar-refractivity contribution in [1.82, 2.24) is 5.16 Å². The second-order valence-electron chi connectivity index (χ2n) is 8.96. The van der Waals surface area contributed by atoms with E-state index >= 15 is 0 Å². The highest BCUT2D eigenvalue weighted by Gasteiger charge is 2.34. The second kappa shape index (κ2) is 7.52. The van der Waals surface area contributed by atoms with E-state index in [4.69, 9.17) is 4.52 Å².